The number of amides is 1. The molecule has 128 valence electrons. The Hall–Kier alpha value is -2.49. The van der Waals surface area contributed by atoms with E-state index in [0.29, 0.717) is 31.7 Å². The van der Waals surface area contributed by atoms with Gasteiger partial charge in [-0.3, -0.25) is 4.79 Å². The van der Waals surface area contributed by atoms with Crippen LogP contribution in [-0.2, 0) is 17.6 Å². The molecular formula is C20H25NO3. The van der Waals surface area contributed by atoms with Crippen molar-refractivity contribution in [3.05, 3.63) is 59.7 Å². The van der Waals surface area contributed by atoms with E-state index in [2.05, 4.69) is 17.4 Å². The molecule has 0 saturated carbocycles. The number of ether oxygens (including phenoxy) is 2. The molecule has 1 amide bonds. The summed E-state index contributed by atoms with van der Waals surface area (Å²) in [4.78, 5) is 12.0. The van der Waals surface area contributed by atoms with Crippen LogP contribution < -0.4 is 14.8 Å². The number of carbonyl (C=O) groups excluding carboxylic acids is 1. The lowest BCUT2D eigenvalue weighted by atomic mass is 10.1. The second kappa shape index (κ2) is 9.60. The minimum absolute atomic E-state index is 0.0683. The van der Waals surface area contributed by atoms with Gasteiger partial charge in [0.05, 0.1) is 13.7 Å². The molecule has 0 aliphatic rings. The fraction of sp³-hybridized carbons (Fsp3) is 0.350. The van der Waals surface area contributed by atoms with Crippen molar-refractivity contribution in [2.24, 2.45) is 0 Å². The Labute approximate surface area is 143 Å². The molecule has 2 aromatic rings. The zero-order valence-corrected chi connectivity index (χ0v) is 14.4. The number of benzene rings is 2. The lowest BCUT2D eigenvalue weighted by molar-refractivity contribution is -0.121. The summed E-state index contributed by atoms with van der Waals surface area (Å²) in [5.74, 6) is 1.51. The van der Waals surface area contributed by atoms with Crippen molar-refractivity contribution in [1.29, 1.82) is 0 Å². The molecule has 0 aliphatic heterocycles. The topological polar surface area (TPSA) is 47.6 Å². The summed E-state index contributed by atoms with van der Waals surface area (Å²) < 4.78 is 10.8. The predicted molar refractivity (Wildman–Crippen MR) is 95.6 cm³/mol. The Morgan fingerprint density at radius 3 is 2.50 bits per heavy atom. The number of rotatable bonds is 9. The zero-order valence-electron chi connectivity index (χ0n) is 14.4. The van der Waals surface area contributed by atoms with Gasteiger partial charge in [-0.25, -0.2) is 0 Å². The first-order valence-corrected chi connectivity index (χ1v) is 8.33. The number of nitrogens with one attached hydrogen (secondary N) is 1. The molecule has 4 nitrogen and oxygen atoms in total. The van der Waals surface area contributed by atoms with Gasteiger partial charge in [-0.2, -0.15) is 0 Å². The summed E-state index contributed by atoms with van der Waals surface area (Å²) in [5.41, 5.74) is 2.29. The van der Waals surface area contributed by atoms with Gasteiger partial charge in [0, 0.05) is 13.0 Å². The Kier molecular flexibility index (Phi) is 7.15. The van der Waals surface area contributed by atoms with E-state index in [1.54, 1.807) is 7.11 Å². The van der Waals surface area contributed by atoms with E-state index in [0.717, 1.165) is 17.7 Å². The molecule has 0 atom stereocenters. The third-order valence-corrected chi connectivity index (χ3v) is 3.75. The maximum atomic E-state index is 12.0. The predicted octanol–water partition coefficient (Wildman–Crippen LogP) is 3.39. The molecule has 24 heavy (non-hydrogen) atoms. The second-order valence-corrected chi connectivity index (χ2v) is 5.50. The Balaban J connectivity index is 1.77. The SMILES string of the molecule is CCOc1ccc(CCC(=O)NCCc2ccccc2)cc1OC. The lowest BCUT2D eigenvalue weighted by Crippen LogP contribution is -2.25. The number of carbonyl (C=O) groups is 1. The molecule has 0 saturated heterocycles. The molecule has 2 rings (SSSR count). The largest absolute Gasteiger partial charge is 0.493 e. The van der Waals surface area contributed by atoms with E-state index in [-0.39, 0.29) is 5.91 Å². The highest BCUT2D eigenvalue weighted by Gasteiger charge is 2.07. The van der Waals surface area contributed by atoms with Crippen LogP contribution in [0, 0.1) is 0 Å². The maximum absolute atomic E-state index is 12.0. The summed E-state index contributed by atoms with van der Waals surface area (Å²) in [6, 6.07) is 16.0. The first-order chi connectivity index (χ1) is 11.7. The highest BCUT2D eigenvalue weighted by molar-refractivity contribution is 5.76. The monoisotopic (exact) mass is 327 g/mol. The van der Waals surface area contributed by atoms with E-state index in [4.69, 9.17) is 9.47 Å². The van der Waals surface area contributed by atoms with Crippen LogP contribution in [0.25, 0.3) is 0 Å². The third-order valence-electron chi connectivity index (χ3n) is 3.75. The van der Waals surface area contributed by atoms with Gasteiger partial charge in [0.1, 0.15) is 0 Å². The Morgan fingerprint density at radius 2 is 1.79 bits per heavy atom. The third kappa shape index (κ3) is 5.61. The van der Waals surface area contributed by atoms with Crippen molar-refractivity contribution in [3.63, 3.8) is 0 Å². The molecule has 0 radical (unpaired) electrons. The number of hydrogen-bond donors (Lipinski definition) is 1. The van der Waals surface area contributed by atoms with Crippen LogP contribution in [0.4, 0.5) is 0 Å². The highest BCUT2D eigenvalue weighted by atomic mass is 16.5. The Morgan fingerprint density at radius 1 is 1.00 bits per heavy atom. The molecule has 2 aromatic carbocycles. The molecule has 0 aliphatic carbocycles. The van der Waals surface area contributed by atoms with Crippen molar-refractivity contribution in [3.8, 4) is 11.5 Å². The van der Waals surface area contributed by atoms with Gasteiger partial charge in [-0.15, -0.1) is 0 Å². The van der Waals surface area contributed by atoms with Crippen molar-refractivity contribution in [2.45, 2.75) is 26.2 Å². The van der Waals surface area contributed by atoms with Gasteiger partial charge in [0.2, 0.25) is 5.91 Å². The molecule has 0 spiro atoms. The number of methoxy groups -OCH3 is 1. The molecule has 4 heteroatoms. The second-order valence-electron chi connectivity index (χ2n) is 5.50. The number of aryl methyl sites for hydroxylation is 1. The number of hydrogen-bond acceptors (Lipinski definition) is 3. The summed E-state index contributed by atoms with van der Waals surface area (Å²) >= 11 is 0. The van der Waals surface area contributed by atoms with Crippen LogP contribution in [-0.4, -0.2) is 26.2 Å². The lowest BCUT2D eigenvalue weighted by Gasteiger charge is -2.11. The van der Waals surface area contributed by atoms with Gasteiger partial charge in [-0.1, -0.05) is 36.4 Å². The molecule has 0 aromatic heterocycles. The highest BCUT2D eigenvalue weighted by Crippen LogP contribution is 2.28. The summed E-state index contributed by atoms with van der Waals surface area (Å²) in [6.45, 7) is 3.20. The smallest absolute Gasteiger partial charge is 0.220 e. The average molecular weight is 327 g/mol. The zero-order chi connectivity index (χ0) is 17.2. The van der Waals surface area contributed by atoms with Gasteiger partial charge in [-0.05, 0) is 43.0 Å². The van der Waals surface area contributed by atoms with E-state index in [1.807, 2.05) is 43.3 Å². The summed E-state index contributed by atoms with van der Waals surface area (Å²) in [7, 11) is 1.62. The van der Waals surface area contributed by atoms with Crippen molar-refractivity contribution >= 4 is 5.91 Å². The molecule has 0 fully saturated rings. The van der Waals surface area contributed by atoms with Gasteiger partial charge in [0.25, 0.3) is 0 Å². The fourth-order valence-electron chi connectivity index (χ4n) is 2.48. The van der Waals surface area contributed by atoms with Crippen LogP contribution in [0.1, 0.15) is 24.5 Å². The van der Waals surface area contributed by atoms with Crippen LogP contribution >= 0.6 is 0 Å². The standard InChI is InChI=1S/C20H25NO3/c1-3-24-18-11-9-17(15-19(18)23-2)10-12-20(22)21-14-13-16-7-5-4-6-8-16/h4-9,11,15H,3,10,12-14H2,1-2H3,(H,21,22). The van der Waals surface area contributed by atoms with Crippen LogP contribution in [0.5, 0.6) is 11.5 Å². The maximum Gasteiger partial charge on any atom is 0.220 e. The Bertz CT molecular complexity index is 641. The molecule has 1 N–H and O–H groups in total. The fourth-order valence-corrected chi connectivity index (χ4v) is 2.48. The molecule has 0 heterocycles. The van der Waals surface area contributed by atoms with Gasteiger partial charge in [0.15, 0.2) is 11.5 Å². The summed E-state index contributed by atoms with van der Waals surface area (Å²) in [6.07, 6.45) is 2.00. The normalized spacial score (nSPS) is 10.2. The minimum atomic E-state index is 0.0683. The van der Waals surface area contributed by atoms with E-state index in [9.17, 15) is 4.79 Å². The molecule has 0 bridgehead atoms. The molecular weight excluding hydrogens is 302 g/mol. The average Bonchev–Trinajstić information content (AvgIpc) is 2.62. The van der Waals surface area contributed by atoms with Crippen molar-refractivity contribution in [2.75, 3.05) is 20.3 Å². The van der Waals surface area contributed by atoms with Gasteiger partial charge >= 0.3 is 0 Å². The van der Waals surface area contributed by atoms with Crippen LogP contribution in [0.3, 0.4) is 0 Å². The van der Waals surface area contributed by atoms with Gasteiger partial charge < -0.3 is 14.8 Å². The van der Waals surface area contributed by atoms with E-state index >= 15 is 0 Å². The van der Waals surface area contributed by atoms with E-state index < -0.39 is 0 Å². The first-order valence-electron chi connectivity index (χ1n) is 8.33. The molecule has 0 unspecified atom stereocenters. The van der Waals surface area contributed by atoms with Crippen LogP contribution in [0.15, 0.2) is 48.5 Å². The summed E-state index contributed by atoms with van der Waals surface area (Å²) in [5, 5.41) is 2.97. The first kappa shape index (κ1) is 17.9. The van der Waals surface area contributed by atoms with Crippen molar-refractivity contribution in [1.82, 2.24) is 5.32 Å². The van der Waals surface area contributed by atoms with Crippen molar-refractivity contribution < 1.29 is 14.3 Å². The minimum Gasteiger partial charge on any atom is -0.493 e. The quantitative estimate of drug-likeness (QED) is 0.768. The van der Waals surface area contributed by atoms with Crippen LogP contribution in [0.2, 0.25) is 0 Å². The van der Waals surface area contributed by atoms with E-state index in [1.165, 1.54) is 5.56 Å².